The van der Waals surface area contributed by atoms with Gasteiger partial charge in [0.15, 0.2) is 0 Å². The van der Waals surface area contributed by atoms with Gasteiger partial charge in [-0.25, -0.2) is 0 Å². The largest absolute Gasteiger partial charge is 0.342 e. The third kappa shape index (κ3) is 3.71. The van der Waals surface area contributed by atoms with Gasteiger partial charge in [-0.05, 0) is 43.9 Å². The van der Waals surface area contributed by atoms with Gasteiger partial charge in [0.1, 0.15) is 0 Å². The van der Waals surface area contributed by atoms with E-state index in [9.17, 15) is 4.79 Å². The van der Waals surface area contributed by atoms with Crippen LogP contribution in [0.4, 0.5) is 0 Å². The lowest BCUT2D eigenvalue weighted by molar-refractivity contribution is -0.139. The molecule has 3 heteroatoms. The predicted octanol–water partition coefficient (Wildman–Crippen LogP) is 2.79. The molecule has 1 saturated heterocycles. The van der Waals surface area contributed by atoms with Crippen LogP contribution in [0, 0.1) is 17.8 Å². The van der Waals surface area contributed by atoms with Gasteiger partial charge in [-0.2, -0.15) is 0 Å². The summed E-state index contributed by atoms with van der Waals surface area (Å²) in [6.45, 7) is 6.42. The first kappa shape index (κ1) is 14.8. The molecule has 2 N–H and O–H groups in total. The average Bonchev–Trinajstić information content (AvgIpc) is 2.39. The number of amides is 1. The molecule has 0 spiro atoms. The maximum absolute atomic E-state index is 12.6. The number of hydrogen-bond acceptors (Lipinski definition) is 2. The normalized spacial score (nSPS) is 33.4. The Kier molecular flexibility index (Phi) is 5.26. The van der Waals surface area contributed by atoms with Crippen molar-refractivity contribution in [2.45, 2.75) is 64.8 Å². The third-order valence-electron chi connectivity index (χ3n) is 5.15. The molecule has 2 aliphatic rings. The van der Waals surface area contributed by atoms with Crippen LogP contribution in [0.2, 0.25) is 0 Å². The number of nitrogens with two attached hydrogens (primary N) is 1. The Balaban J connectivity index is 1.84. The molecular formula is C16H30N2O. The van der Waals surface area contributed by atoms with Crippen LogP contribution in [0.25, 0.3) is 0 Å². The Labute approximate surface area is 117 Å². The first-order valence-electron chi connectivity index (χ1n) is 8.16. The van der Waals surface area contributed by atoms with Crippen LogP contribution in [0.1, 0.15) is 58.8 Å². The summed E-state index contributed by atoms with van der Waals surface area (Å²) in [5.41, 5.74) is 5.99. The molecule has 1 heterocycles. The van der Waals surface area contributed by atoms with Crippen LogP contribution in [0.5, 0.6) is 0 Å². The van der Waals surface area contributed by atoms with Gasteiger partial charge in [-0.15, -0.1) is 0 Å². The second-order valence-corrected chi connectivity index (χ2v) is 6.71. The van der Waals surface area contributed by atoms with Crippen LogP contribution in [0.3, 0.4) is 0 Å². The molecule has 0 aromatic rings. The summed E-state index contributed by atoms with van der Waals surface area (Å²) in [6.07, 6.45) is 8.05. The van der Waals surface area contributed by atoms with Gasteiger partial charge in [0.25, 0.3) is 0 Å². The molecule has 3 atom stereocenters. The topological polar surface area (TPSA) is 46.3 Å². The quantitative estimate of drug-likeness (QED) is 0.854. The highest BCUT2D eigenvalue weighted by Gasteiger charge is 2.34. The number of carbonyl (C=O) groups excluding carboxylic acids is 1. The number of rotatable bonds is 3. The van der Waals surface area contributed by atoms with Gasteiger partial charge < -0.3 is 10.6 Å². The second kappa shape index (κ2) is 6.74. The first-order valence-corrected chi connectivity index (χ1v) is 8.16. The van der Waals surface area contributed by atoms with Gasteiger partial charge >= 0.3 is 0 Å². The van der Waals surface area contributed by atoms with E-state index in [2.05, 4.69) is 18.7 Å². The molecule has 1 aliphatic heterocycles. The zero-order valence-corrected chi connectivity index (χ0v) is 12.6. The number of carbonyl (C=O) groups is 1. The smallest absolute Gasteiger partial charge is 0.225 e. The Morgan fingerprint density at radius 2 is 1.89 bits per heavy atom. The molecule has 2 fully saturated rings. The Morgan fingerprint density at radius 3 is 2.47 bits per heavy atom. The lowest BCUT2D eigenvalue weighted by Gasteiger charge is -2.38. The molecule has 1 saturated carbocycles. The molecule has 1 aliphatic carbocycles. The van der Waals surface area contributed by atoms with Crippen LogP contribution >= 0.6 is 0 Å². The van der Waals surface area contributed by atoms with Gasteiger partial charge in [0.2, 0.25) is 5.91 Å². The summed E-state index contributed by atoms with van der Waals surface area (Å²) in [6, 6.07) is 0.314. The summed E-state index contributed by atoms with van der Waals surface area (Å²) in [5, 5.41) is 0. The van der Waals surface area contributed by atoms with Crippen molar-refractivity contribution in [1.82, 2.24) is 4.90 Å². The molecule has 3 unspecified atom stereocenters. The van der Waals surface area contributed by atoms with Crippen LogP contribution < -0.4 is 5.73 Å². The fourth-order valence-electron chi connectivity index (χ4n) is 3.89. The Morgan fingerprint density at radius 1 is 1.21 bits per heavy atom. The SMILES string of the molecule is CCCC1CCN(C(=O)C2CCC(N)CC2C)CC1. The van der Waals surface area contributed by atoms with Crippen LogP contribution in [-0.4, -0.2) is 29.9 Å². The maximum atomic E-state index is 12.6. The summed E-state index contributed by atoms with van der Waals surface area (Å²) < 4.78 is 0. The van der Waals surface area contributed by atoms with Crippen LogP contribution in [0.15, 0.2) is 0 Å². The zero-order chi connectivity index (χ0) is 13.8. The van der Waals surface area contributed by atoms with Crippen molar-refractivity contribution in [1.29, 1.82) is 0 Å². The van der Waals surface area contributed by atoms with Crippen LogP contribution in [-0.2, 0) is 4.79 Å². The Hall–Kier alpha value is -0.570. The lowest BCUT2D eigenvalue weighted by atomic mass is 9.77. The van der Waals surface area contributed by atoms with E-state index >= 15 is 0 Å². The second-order valence-electron chi connectivity index (χ2n) is 6.71. The molecule has 0 aromatic carbocycles. The summed E-state index contributed by atoms with van der Waals surface area (Å²) in [5.74, 6) is 1.97. The van der Waals surface area contributed by atoms with Gasteiger partial charge in [-0.1, -0.05) is 26.7 Å². The fourth-order valence-corrected chi connectivity index (χ4v) is 3.89. The maximum Gasteiger partial charge on any atom is 0.225 e. The highest BCUT2D eigenvalue weighted by atomic mass is 16.2. The van der Waals surface area contributed by atoms with Crippen molar-refractivity contribution in [3.8, 4) is 0 Å². The molecule has 3 nitrogen and oxygen atoms in total. The lowest BCUT2D eigenvalue weighted by Crippen LogP contribution is -2.46. The molecule has 2 rings (SSSR count). The number of nitrogens with zero attached hydrogens (tertiary/aromatic N) is 1. The first-order chi connectivity index (χ1) is 9.11. The van der Waals surface area contributed by atoms with Crippen molar-refractivity contribution in [2.75, 3.05) is 13.1 Å². The molecular weight excluding hydrogens is 236 g/mol. The summed E-state index contributed by atoms with van der Waals surface area (Å²) >= 11 is 0. The van der Waals surface area contributed by atoms with E-state index in [1.807, 2.05) is 0 Å². The minimum absolute atomic E-state index is 0.238. The molecule has 110 valence electrons. The highest BCUT2D eigenvalue weighted by molar-refractivity contribution is 5.79. The van der Waals surface area contributed by atoms with E-state index < -0.39 is 0 Å². The van der Waals surface area contributed by atoms with Crippen molar-refractivity contribution >= 4 is 5.91 Å². The standard InChI is InChI=1S/C16H30N2O/c1-3-4-13-7-9-18(10-8-13)16(19)15-6-5-14(17)11-12(15)2/h12-15H,3-11,17H2,1-2H3. The van der Waals surface area contributed by atoms with E-state index in [0.717, 1.165) is 38.3 Å². The van der Waals surface area contributed by atoms with Crippen molar-refractivity contribution in [3.05, 3.63) is 0 Å². The number of hydrogen-bond donors (Lipinski definition) is 1. The summed E-state index contributed by atoms with van der Waals surface area (Å²) in [4.78, 5) is 14.7. The minimum Gasteiger partial charge on any atom is -0.342 e. The average molecular weight is 266 g/mol. The fraction of sp³-hybridized carbons (Fsp3) is 0.938. The van der Waals surface area contributed by atoms with Gasteiger partial charge in [-0.3, -0.25) is 4.79 Å². The summed E-state index contributed by atoms with van der Waals surface area (Å²) in [7, 11) is 0. The van der Waals surface area contributed by atoms with E-state index in [-0.39, 0.29) is 5.92 Å². The molecule has 0 bridgehead atoms. The highest BCUT2D eigenvalue weighted by Crippen LogP contribution is 2.32. The zero-order valence-electron chi connectivity index (χ0n) is 12.6. The molecule has 1 amide bonds. The number of piperidine rings is 1. The van der Waals surface area contributed by atoms with E-state index in [1.165, 1.54) is 25.7 Å². The van der Waals surface area contributed by atoms with Gasteiger partial charge in [0.05, 0.1) is 0 Å². The number of likely N-dealkylation sites (tertiary alicyclic amines) is 1. The van der Waals surface area contributed by atoms with Crippen molar-refractivity contribution < 1.29 is 4.79 Å². The third-order valence-corrected chi connectivity index (χ3v) is 5.15. The Bertz CT molecular complexity index is 297. The minimum atomic E-state index is 0.238. The molecule has 0 radical (unpaired) electrons. The predicted molar refractivity (Wildman–Crippen MR) is 78.7 cm³/mol. The molecule has 19 heavy (non-hydrogen) atoms. The monoisotopic (exact) mass is 266 g/mol. The van der Waals surface area contributed by atoms with E-state index in [1.54, 1.807) is 0 Å². The van der Waals surface area contributed by atoms with Crippen molar-refractivity contribution in [2.24, 2.45) is 23.5 Å². The van der Waals surface area contributed by atoms with E-state index in [4.69, 9.17) is 5.73 Å². The molecule has 0 aromatic heterocycles. The van der Waals surface area contributed by atoms with Crippen molar-refractivity contribution in [3.63, 3.8) is 0 Å². The van der Waals surface area contributed by atoms with Gasteiger partial charge in [0, 0.05) is 25.0 Å². The van der Waals surface area contributed by atoms with E-state index in [0.29, 0.717) is 17.9 Å².